The molecule has 1 nitrogen and oxygen atoms in total. The highest BCUT2D eigenvalue weighted by molar-refractivity contribution is 8.53. The maximum atomic E-state index is 11.0. The van der Waals surface area contributed by atoms with E-state index in [1.54, 1.807) is 6.92 Å². The molecule has 0 N–H and O–H groups in total. The van der Waals surface area contributed by atoms with Gasteiger partial charge < -0.3 is 0 Å². The third kappa shape index (κ3) is 3.35. The Morgan fingerprint density at radius 1 is 1.47 bits per heavy atom. The molecule has 15 heavy (non-hydrogen) atoms. The summed E-state index contributed by atoms with van der Waals surface area (Å²) in [5.74, 6) is 2.96. The van der Waals surface area contributed by atoms with Gasteiger partial charge in [-0.05, 0) is 0 Å². The Labute approximate surface area is 116 Å². The predicted octanol–water partition coefficient (Wildman–Crippen LogP) is 3.77. The molecule has 3 atom stereocenters. The van der Waals surface area contributed by atoms with Gasteiger partial charge in [0.05, 0.1) is 4.58 Å². The summed E-state index contributed by atoms with van der Waals surface area (Å²) in [4.78, 5) is 11.0. The maximum absolute atomic E-state index is 11.0. The molecule has 7 heteroatoms. The van der Waals surface area contributed by atoms with Gasteiger partial charge in [-0.15, -0.1) is 58.6 Å². The average Bonchev–Trinajstić information content (AvgIpc) is 2.74. The van der Waals surface area contributed by atoms with Crippen LogP contribution >= 0.6 is 70.4 Å². The molecule has 2 fully saturated rings. The van der Waals surface area contributed by atoms with Gasteiger partial charge in [0.2, 0.25) is 0 Å². The van der Waals surface area contributed by atoms with Gasteiger partial charge >= 0.3 is 0 Å². The van der Waals surface area contributed by atoms with E-state index in [1.807, 2.05) is 47.0 Å². The fourth-order valence-electron chi connectivity index (χ4n) is 1.32. The van der Waals surface area contributed by atoms with Crippen LogP contribution in [0.5, 0.6) is 0 Å². The van der Waals surface area contributed by atoms with Crippen LogP contribution in [0.2, 0.25) is 0 Å². The zero-order valence-corrected chi connectivity index (χ0v) is 12.9. The lowest BCUT2D eigenvalue weighted by atomic mass is 10.6. The molecule has 0 aromatic carbocycles. The largest absolute Gasteiger partial charge is 0.288 e. The number of rotatable bonds is 2. The van der Waals surface area contributed by atoms with Crippen molar-refractivity contribution >= 4 is 75.5 Å². The molecule has 2 rings (SSSR count). The summed E-state index contributed by atoms with van der Waals surface area (Å²) >= 11 is 15.3. The summed E-state index contributed by atoms with van der Waals surface area (Å²) in [6.07, 6.45) is 0. The molecule has 2 saturated heterocycles. The van der Waals surface area contributed by atoms with Crippen molar-refractivity contribution in [1.29, 1.82) is 0 Å². The first-order chi connectivity index (χ1) is 7.13. The number of carbonyl (C=O) groups excluding carboxylic acids is 1. The van der Waals surface area contributed by atoms with Crippen LogP contribution in [0.3, 0.4) is 0 Å². The zero-order chi connectivity index (χ0) is 10.9. The van der Waals surface area contributed by atoms with Gasteiger partial charge in [0.15, 0.2) is 7.86 Å². The molecule has 2 aliphatic rings. The Balaban J connectivity index is 1.89. The molecule has 0 saturated carbocycles. The van der Waals surface area contributed by atoms with Gasteiger partial charge in [0, 0.05) is 29.6 Å². The highest BCUT2D eigenvalue weighted by Crippen LogP contribution is 2.68. The van der Waals surface area contributed by atoms with Crippen LogP contribution in [-0.2, 0) is 4.79 Å². The van der Waals surface area contributed by atoms with Crippen LogP contribution in [0.25, 0.3) is 0 Å². The second-order valence-electron chi connectivity index (χ2n) is 3.17. The smallest absolute Gasteiger partial charge is 0.186 e. The van der Waals surface area contributed by atoms with E-state index in [-0.39, 0.29) is 7.86 Å². The predicted molar refractivity (Wildman–Crippen MR) is 79.4 cm³/mol. The molecule has 0 aliphatic carbocycles. The topological polar surface area (TPSA) is 17.1 Å². The Bertz CT molecular complexity index is 263. The normalized spacial score (nSPS) is 40.1. The molecule has 0 radical (unpaired) electrons. The molecule has 0 aromatic rings. The molecule has 0 amide bonds. The fraction of sp³-hybridized carbons (Fsp3) is 0.875. The van der Waals surface area contributed by atoms with E-state index in [1.165, 1.54) is 11.8 Å². The Hall–Kier alpha value is 1.71. The van der Waals surface area contributed by atoms with Gasteiger partial charge in [-0.3, -0.25) is 4.79 Å². The third-order valence-corrected chi connectivity index (χ3v) is 11.7. The first kappa shape index (κ1) is 13.1. The van der Waals surface area contributed by atoms with E-state index in [4.69, 9.17) is 11.6 Å². The molecular weight excluding hydrogens is 308 g/mol. The standard InChI is InChI=1S/C8H11ClOS5/c1-5(10)13-7-4-12-8(15-7)11-3-6(2-9)14-8/h6-7H,2-4H2,1H3/t6-,7-,8-/m0/s1. The number of halogens is 1. The molecule has 0 unspecified atom stereocenters. The number of alkyl halides is 1. The molecule has 0 aromatic heterocycles. The Morgan fingerprint density at radius 3 is 2.80 bits per heavy atom. The summed E-state index contributed by atoms with van der Waals surface area (Å²) in [6.45, 7) is 1.65. The van der Waals surface area contributed by atoms with E-state index in [0.717, 1.165) is 17.4 Å². The first-order valence-corrected chi connectivity index (χ1v) is 9.65. The second kappa shape index (κ2) is 5.57. The minimum atomic E-state index is 0.229. The Kier molecular flexibility index (Phi) is 4.88. The van der Waals surface area contributed by atoms with E-state index in [0.29, 0.717) is 9.83 Å². The van der Waals surface area contributed by atoms with Crippen LogP contribution in [-0.4, -0.2) is 35.1 Å². The highest BCUT2D eigenvalue weighted by atomic mass is 35.5. The van der Waals surface area contributed by atoms with Gasteiger partial charge in [-0.25, -0.2) is 0 Å². The van der Waals surface area contributed by atoms with Crippen molar-refractivity contribution in [2.45, 2.75) is 19.5 Å². The number of hydrogen-bond acceptors (Lipinski definition) is 6. The SMILES string of the molecule is CC(=O)S[C@@H]1CS[C@]2(SC[C@H](CCl)S2)S1. The van der Waals surface area contributed by atoms with Gasteiger partial charge in [0.1, 0.15) is 0 Å². The van der Waals surface area contributed by atoms with E-state index in [2.05, 4.69) is 0 Å². The van der Waals surface area contributed by atoms with Crippen molar-refractivity contribution < 1.29 is 4.79 Å². The molecule has 1 spiro atoms. The minimum absolute atomic E-state index is 0.229. The second-order valence-corrected chi connectivity index (χ2v) is 12.1. The number of hydrogen-bond donors (Lipinski definition) is 0. The molecule has 0 bridgehead atoms. The van der Waals surface area contributed by atoms with Crippen molar-refractivity contribution in [3.05, 3.63) is 0 Å². The van der Waals surface area contributed by atoms with E-state index < -0.39 is 0 Å². The summed E-state index contributed by atoms with van der Waals surface area (Å²) in [5.41, 5.74) is 0. The minimum Gasteiger partial charge on any atom is -0.288 e. The van der Waals surface area contributed by atoms with Crippen LogP contribution in [0.15, 0.2) is 0 Å². The van der Waals surface area contributed by atoms with Crippen LogP contribution in [0.1, 0.15) is 6.92 Å². The fourth-order valence-corrected chi connectivity index (χ4v) is 11.9. The molecule has 2 aliphatic heterocycles. The first-order valence-electron chi connectivity index (χ1n) is 4.50. The van der Waals surface area contributed by atoms with Crippen LogP contribution in [0, 0.1) is 0 Å². The van der Waals surface area contributed by atoms with Crippen LogP contribution < -0.4 is 0 Å². The number of carbonyl (C=O) groups is 1. The summed E-state index contributed by atoms with van der Waals surface area (Å²) in [7, 11) is 0. The monoisotopic (exact) mass is 318 g/mol. The van der Waals surface area contributed by atoms with Crippen molar-refractivity contribution in [3.8, 4) is 0 Å². The molecular formula is C8H11ClOS5. The van der Waals surface area contributed by atoms with Gasteiger partial charge in [-0.1, -0.05) is 11.8 Å². The zero-order valence-electron chi connectivity index (χ0n) is 8.10. The third-order valence-electron chi connectivity index (χ3n) is 1.90. The van der Waals surface area contributed by atoms with Crippen molar-refractivity contribution in [2.75, 3.05) is 17.4 Å². The highest BCUT2D eigenvalue weighted by Gasteiger charge is 2.48. The van der Waals surface area contributed by atoms with Crippen LogP contribution in [0.4, 0.5) is 0 Å². The van der Waals surface area contributed by atoms with Crippen molar-refractivity contribution in [2.24, 2.45) is 0 Å². The Morgan fingerprint density at radius 2 is 2.20 bits per heavy atom. The summed E-state index contributed by atoms with van der Waals surface area (Å²) < 4.78 is 0.661. The lowest BCUT2D eigenvalue weighted by molar-refractivity contribution is -0.109. The summed E-state index contributed by atoms with van der Waals surface area (Å²) in [6, 6.07) is 0. The quantitative estimate of drug-likeness (QED) is 0.716. The van der Waals surface area contributed by atoms with E-state index >= 15 is 0 Å². The maximum Gasteiger partial charge on any atom is 0.186 e. The van der Waals surface area contributed by atoms with E-state index in [9.17, 15) is 4.79 Å². The molecule has 86 valence electrons. The van der Waals surface area contributed by atoms with Gasteiger partial charge in [-0.2, -0.15) is 0 Å². The van der Waals surface area contributed by atoms with Gasteiger partial charge in [0.25, 0.3) is 0 Å². The summed E-state index contributed by atoms with van der Waals surface area (Å²) in [5, 5.41) is 0.810. The average molecular weight is 319 g/mol. The van der Waals surface area contributed by atoms with Crippen molar-refractivity contribution in [3.63, 3.8) is 0 Å². The number of thioether (sulfide) groups is 5. The lowest BCUT2D eigenvalue weighted by Gasteiger charge is -2.19. The molecule has 2 heterocycles. The lowest BCUT2D eigenvalue weighted by Crippen LogP contribution is -2.05. The van der Waals surface area contributed by atoms with Crippen molar-refractivity contribution in [1.82, 2.24) is 0 Å².